The monoisotopic (exact) mass is 287 g/mol. The molecule has 1 rings (SSSR count). The van der Waals surface area contributed by atoms with Gasteiger partial charge in [0.1, 0.15) is 5.82 Å². The highest BCUT2D eigenvalue weighted by molar-refractivity contribution is 9.10. The summed E-state index contributed by atoms with van der Waals surface area (Å²) in [6.45, 7) is 2.14. The van der Waals surface area contributed by atoms with E-state index in [4.69, 9.17) is 5.73 Å². The Bertz CT molecular complexity index is 328. The van der Waals surface area contributed by atoms with E-state index in [2.05, 4.69) is 22.9 Å². The van der Waals surface area contributed by atoms with Gasteiger partial charge in [-0.2, -0.15) is 0 Å². The Labute approximate surface area is 105 Å². The van der Waals surface area contributed by atoms with Crippen molar-refractivity contribution in [1.29, 1.82) is 0 Å². The van der Waals surface area contributed by atoms with Gasteiger partial charge in [-0.15, -0.1) is 0 Å². The van der Waals surface area contributed by atoms with Crippen molar-refractivity contribution in [3.8, 4) is 0 Å². The zero-order valence-electron chi connectivity index (χ0n) is 9.68. The van der Waals surface area contributed by atoms with Crippen LogP contribution in [0.3, 0.4) is 0 Å². The third-order valence-corrected chi connectivity index (χ3v) is 3.60. The van der Waals surface area contributed by atoms with Gasteiger partial charge < -0.3 is 5.73 Å². The normalized spacial score (nSPS) is 12.8. The van der Waals surface area contributed by atoms with Crippen LogP contribution < -0.4 is 5.73 Å². The van der Waals surface area contributed by atoms with Crippen molar-refractivity contribution < 1.29 is 4.39 Å². The summed E-state index contributed by atoms with van der Waals surface area (Å²) in [4.78, 5) is 0. The van der Waals surface area contributed by atoms with Crippen LogP contribution in [0.25, 0.3) is 0 Å². The highest BCUT2D eigenvalue weighted by Crippen LogP contribution is 2.22. The van der Waals surface area contributed by atoms with E-state index in [1.165, 1.54) is 6.07 Å². The topological polar surface area (TPSA) is 26.0 Å². The van der Waals surface area contributed by atoms with E-state index >= 15 is 0 Å². The first-order valence-corrected chi connectivity index (χ1v) is 6.63. The van der Waals surface area contributed by atoms with Crippen LogP contribution in [-0.2, 0) is 6.42 Å². The molecule has 2 N–H and O–H groups in total. The number of rotatable bonds is 6. The molecule has 90 valence electrons. The zero-order chi connectivity index (χ0) is 12.0. The number of aryl methyl sites for hydroxylation is 1. The minimum absolute atomic E-state index is 0.185. The predicted molar refractivity (Wildman–Crippen MR) is 69.9 cm³/mol. The lowest BCUT2D eigenvalue weighted by atomic mass is 10.0. The molecule has 1 aromatic rings. The Morgan fingerprint density at radius 3 is 2.81 bits per heavy atom. The molecule has 0 saturated heterocycles. The van der Waals surface area contributed by atoms with E-state index in [0.29, 0.717) is 4.47 Å². The van der Waals surface area contributed by atoms with Crippen LogP contribution in [0.5, 0.6) is 0 Å². The maximum atomic E-state index is 13.2. The van der Waals surface area contributed by atoms with Crippen LogP contribution in [-0.4, -0.2) is 6.04 Å². The first kappa shape index (κ1) is 13.7. The summed E-state index contributed by atoms with van der Waals surface area (Å²) in [7, 11) is 0. The second-order valence-corrected chi connectivity index (χ2v) is 4.95. The van der Waals surface area contributed by atoms with Crippen LogP contribution in [0, 0.1) is 5.82 Å². The van der Waals surface area contributed by atoms with Gasteiger partial charge in [0.25, 0.3) is 0 Å². The SMILES string of the molecule is CCCC(N)CCCc1cccc(F)c1Br. The molecular weight excluding hydrogens is 269 g/mol. The largest absolute Gasteiger partial charge is 0.328 e. The summed E-state index contributed by atoms with van der Waals surface area (Å²) in [5.41, 5.74) is 6.96. The van der Waals surface area contributed by atoms with Gasteiger partial charge in [-0.05, 0) is 53.2 Å². The molecule has 1 atom stereocenters. The average molecular weight is 288 g/mol. The van der Waals surface area contributed by atoms with Gasteiger partial charge in [0.2, 0.25) is 0 Å². The van der Waals surface area contributed by atoms with Gasteiger partial charge in [-0.3, -0.25) is 0 Å². The highest BCUT2D eigenvalue weighted by Gasteiger charge is 2.06. The first-order valence-electron chi connectivity index (χ1n) is 5.83. The van der Waals surface area contributed by atoms with Crippen LogP contribution in [0.15, 0.2) is 22.7 Å². The quantitative estimate of drug-likeness (QED) is 0.840. The molecule has 0 saturated carbocycles. The lowest BCUT2D eigenvalue weighted by molar-refractivity contribution is 0.538. The maximum absolute atomic E-state index is 13.2. The molecule has 0 aromatic heterocycles. The van der Waals surface area contributed by atoms with Crippen molar-refractivity contribution in [3.05, 3.63) is 34.1 Å². The number of hydrogen-bond acceptors (Lipinski definition) is 1. The van der Waals surface area contributed by atoms with Crippen molar-refractivity contribution >= 4 is 15.9 Å². The molecule has 0 aliphatic carbocycles. The predicted octanol–water partition coefficient (Wildman–Crippen LogP) is 4.04. The summed E-state index contributed by atoms with van der Waals surface area (Å²) in [5, 5.41) is 0. The van der Waals surface area contributed by atoms with Crippen molar-refractivity contribution in [2.24, 2.45) is 5.73 Å². The van der Waals surface area contributed by atoms with Crippen molar-refractivity contribution in [1.82, 2.24) is 0 Å². The molecule has 0 spiro atoms. The Balaban J connectivity index is 2.40. The number of benzene rings is 1. The van der Waals surface area contributed by atoms with E-state index in [0.717, 1.165) is 37.7 Å². The van der Waals surface area contributed by atoms with Gasteiger partial charge in [-0.25, -0.2) is 4.39 Å². The van der Waals surface area contributed by atoms with Gasteiger partial charge in [0.05, 0.1) is 4.47 Å². The number of halogens is 2. The molecule has 3 heteroatoms. The Kier molecular flexibility index (Phi) is 5.99. The van der Waals surface area contributed by atoms with Gasteiger partial charge in [0.15, 0.2) is 0 Å². The van der Waals surface area contributed by atoms with Crippen LogP contribution in [0.1, 0.15) is 38.2 Å². The van der Waals surface area contributed by atoms with Gasteiger partial charge >= 0.3 is 0 Å². The third-order valence-electron chi connectivity index (χ3n) is 2.71. The molecule has 0 heterocycles. The molecular formula is C13H19BrFN. The van der Waals surface area contributed by atoms with E-state index in [9.17, 15) is 4.39 Å². The Morgan fingerprint density at radius 1 is 1.38 bits per heavy atom. The molecule has 0 aliphatic rings. The number of nitrogens with two attached hydrogens (primary N) is 1. The molecule has 1 unspecified atom stereocenters. The Morgan fingerprint density at radius 2 is 2.12 bits per heavy atom. The van der Waals surface area contributed by atoms with Crippen LogP contribution in [0.2, 0.25) is 0 Å². The minimum Gasteiger partial charge on any atom is -0.328 e. The molecule has 0 bridgehead atoms. The zero-order valence-corrected chi connectivity index (χ0v) is 11.3. The summed E-state index contributed by atoms with van der Waals surface area (Å²) in [6.07, 6.45) is 5.12. The minimum atomic E-state index is -0.185. The first-order chi connectivity index (χ1) is 7.65. The van der Waals surface area contributed by atoms with E-state index < -0.39 is 0 Å². The smallest absolute Gasteiger partial charge is 0.137 e. The molecule has 0 radical (unpaired) electrons. The molecule has 1 nitrogen and oxygen atoms in total. The standard InChI is InChI=1S/C13H19BrFN/c1-2-5-11(16)8-3-6-10-7-4-9-12(15)13(10)14/h4,7,9,11H,2-3,5-6,8,16H2,1H3. The lowest BCUT2D eigenvalue weighted by Crippen LogP contribution is -2.19. The van der Waals surface area contributed by atoms with Crippen LogP contribution >= 0.6 is 15.9 Å². The summed E-state index contributed by atoms with van der Waals surface area (Å²) in [5.74, 6) is -0.185. The van der Waals surface area contributed by atoms with Gasteiger partial charge in [0, 0.05) is 6.04 Å². The fourth-order valence-corrected chi connectivity index (χ4v) is 2.27. The fraction of sp³-hybridized carbons (Fsp3) is 0.538. The lowest BCUT2D eigenvalue weighted by Gasteiger charge is -2.10. The van der Waals surface area contributed by atoms with Gasteiger partial charge in [-0.1, -0.05) is 25.5 Å². The van der Waals surface area contributed by atoms with E-state index in [1.54, 1.807) is 6.07 Å². The Hall–Kier alpha value is -0.410. The van der Waals surface area contributed by atoms with Crippen molar-refractivity contribution in [2.45, 2.75) is 45.1 Å². The summed E-state index contributed by atoms with van der Waals surface area (Å²) >= 11 is 3.27. The fourth-order valence-electron chi connectivity index (χ4n) is 1.81. The second-order valence-electron chi connectivity index (χ2n) is 4.15. The second kappa shape index (κ2) is 7.02. The molecule has 1 aromatic carbocycles. The molecule has 0 aliphatic heterocycles. The van der Waals surface area contributed by atoms with Crippen LogP contribution in [0.4, 0.5) is 4.39 Å². The third kappa shape index (κ3) is 4.22. The molecule has 0 fully saturated rings. The highest BCUT2D eigenvalue weighted by atomic mass is 79.9. The number of hydrogen-bond donors (Lipinski definition) is 1. The van der Waals surface area contributed by atoms with Crippen molar-refractivity contribution in [2.75, 3.05) is 0 Å². The van der Waals surface area contributed by atoms with E-state index in [-0.39, 0.29) is 11.9 Å². The molecule has 0 amide bonds. The van der Waals surface area contributed by atoms with Crippen molar-refractivity contribution in [3.63, 3.8) is 0 Å². The van der Waals surface area contributed by atoms with E-state index in [1.807, 2.05) is 6.07 Å². The summed E-state index contributed by atoms with van der Waals surface area (Å²) in [6, 6.07) is 5.47. The molecule has 16 heavy (non-hydrogen) atoms. The average Bonchev–Trinajstić information content (AvgIpc) is 2.25. The maximum Gasteiger partial charge on any atom is 0.137 e. The summed E-state index contributed by atoms with van der Waals surface area (Å²) < 4.78 is 13.8.